The minimum Gasteiger partial charge on any atom is -0.465 e. The number of hydrogen-bond donors (Lipinski definition) is 0. The van der Waals surface area contributed by atoms with Crippen molar-refractivity contribution in [2.45, 2.75) is 76.7 Å². The van der Waals surface area contributed by atoms with Gasteiger partial charge in [0.25, 0.3) is 0 Å². The van der Waals surface area contributed by atoms with Gasteiger partial charge in [-0.15, -0.1) is 10.2 Å². The first-order valence-electron chi connectivity index (χ1n) is 8.38. The summed E-state index contributed by atoms with van der Waals surface area (Å²) in [4.78, 5) is 12.8. The molecular weight excluding hydrogens is 266 g/mol. The zero-order chi connectivity index (χ0) is 14.7. The molecule has 0 atom stereocenters. The first kappa shape index (κ1) is 14.5. The van der Waals surface area contributed by atoms with E-state index in [1.54, 1.807) is 0 Å². The quantitative estimate of drug-likeness (QED) is 0.634. The summed E-state index contributed by atoms with van der Waals surface area (Å²) in [6, 6.07) is 0. The lowest BCUT2D eigenvalue weighted by atomic mass is 9.79. The van der Waals surface area contributed by atoms with Crippen molar-refractivity contribution in [1.29, 1.82) is 0 Å². The maximum Gasteiger partial charge on any atom is 0.319 e. The van der Waals surface area contributed by atoms with Crippen LogP contribution in [0.25, 0.3) is 0 Å². The summed E-state index contributed by atoms with van der Waals surface area (Å²) >= 11 is 0. The summed E-state index contributed by atoms with van der Waals surface area (Å²) in [5.41, 5.74) is -0.560. The highest BCUT2D eigenvalue weighted by atomic mass is 16.5. The molecule has 1 fully saturated rings. The van der Waals surface area contributed by atoms with E-state index in [-0.39, 0.29) is 5.97 Å². The van der Waals surface area contributed by atoms with E-state index in [1.165, 1.54) is 19.3 Å². The van der Waals surface area contributed by atoms with Gasteiger partial charge in [-0.2, -0.15) is 0 Å². The fourth-order valence-electron chi connectivity index (χ4n) is 3.78. The average Bonchev–Trinajstić information content (AvgIpc) is 2.78. The molecule has 1 aliphatic heterocycles. The Morgan fingerprint density at radius 3 is 2.62 bits per heavy atom. The molecule has 2 heterocycles. The van der Waals surface area contributed by atoms with Gasteiger partial charge >= 0.3 is 5.97 Å². The maximum absolute atomic E-state index is 12.8. The summed E-state index contributed by atoms with van der Waals surface area (Å²) in [6.45, 7) is 3.25. The molecule has 5 heteroatoms. The number of hydrogen-bond acceptors (Lipinski definition) is 4. The molecule has 3 rings (SSSR count). The normalized spacial score (nSPS) is 21.4. The molecular formula is C16H25N3O2. The van der Waals surface area contributed by atoms with Gasteiger partial charge in [0.15, 0.2) is 5.82 Å². The van der Waals surface area contributed by atoms with Crippen molar-refractivity contribution in [1.82, 2.24) is 14.8 Å². The van der Waals surface area contributed by atoms with Gasteiger partial charge in [-0.25, -0.2) is 0 Å². The van der Waals surface area contributed by atoms with E-state index in [2.05, 4.69) is 14.8 Å². The molecule has 0 amide bonds. The Morgan fingerprint density at radius 1 is 1.14 bits per heavy atom. The van der Waals surface area contributed by atoms with Crippen LogP contribution in [0, 0.1) is 0 Å². The van der Waals surface area contributed by atoms with Gasteiger partial charge in [0.2, 0.25) is 0 Å². The molecule has 2 aliphatic rings. The molecule has 0 bridgehead atoms. The van der Waals surface area contributed by atoms with Crippen molar-refractivity contribution in [3.8, 4) is 0 Å². The maximum atomic E-state index is 12.8. The van der Waals surface area contributed by atoms with Crippen LogP contribution in [0.1, 0.15) is 69.9 Å². The number of aryl methyl sites for hydroxylation is 1. The van der Waals surface area contributed by atoms with Crippen molar-refractivity contribution < 1.29 is 9.53 Å². The van der Waals surface area contributed by atoms with Gasteiger partial charge in [0.1, 0.15) is 11.2 Å². The van der Waals surface area contributed by atoms with Gasteiger partial charge in [-0.3, -0.25) is 4.79 Å². The van der Waals surface area contributed by atoms with Crippen LogP contribution in [-0.2, 0) is 27.9 Å². The van der Waals surface area contributed by atoms with Crippen molar-refractivity contribution in [3.05, 3.63) is 11.6 Å². The zero-order valence-corrected chi connectivity index (χ0v) is 12.9. The molecule has 1 aliphatic carbocycles. The minimum atomic E-state index is -0.560. The van der Waals surface area contributed by atoms with Crippen LogP contribution in [0.15, 0.2) is 0 Å². The zero-order valence-electron chi connectivity index (χ0n) is 12.9. The number of carbonyl (C=O) groups excluding carboxylic acids is 1. The standard InChI is InChI=1S/C16H25N3O2/c1-2-21-15(20)16(10-6-3-4-7-11-16)14-18-17-13-9-5-8-12-19(13)14/h2-12H2,1H3. The molecule has 0 spiro atoms. The highest BCUT2D eigenvalue weighted by Gasteiger charge is 2.46. The predicted octanol–water partition coefficient (Wildman–Crippen LogP) is 2.77. The van der Waals surface area contributed by atoms with Crippen LogP contribution in [0.5, 0.6) is 0 Å². The fourth-order valence-corrected chi connectivity index (χ4v) is 3.78. The van der Waals surface area contributed by atoms with Crippen molar-refractivity contribution >= 4 is 5.97 Å². The number of esters is 1. The Balaban J connectivity index is 2.01. The third-order valence-electron chi connectivity index (χ3n) is 4.91. The summed E-state index contributed by atoms with van der Waals surface area (Å²) in [6.07, 6.45) is 9.54. The number of rotatable bonds is 3. The molecule has 5 nitrogen and oxygen atoms in total. The molecule has 0 N–H and O–H groups in total. The number of nitrogens with zero attached hydrogens (tertiary/aromatic N) is 3. The Bertz CT molecular complexity index is 502. The lowest BCUT2D eigenvalue weighted by Gasteiger charge is -2.30. The third kappa shape index (κ3) is 2.58. The lowest BCUT2D eigenvalue weighted by molar-refractivity contribution is -0.151. The van der Waals surface area contributed by atoms with E-state index in [0.717, 1.165) is 56.7 Å². The summed E-state index contributed by atoms with van der Waals surface area (Å²) < 4.78 is 7.64. The number of aromatic nitrogens is 3. The molecule has 21 heavy (non-hydrogen) atoms. The molecule has 1 saturated carbocycles. The third-order valence-corrected chi connectivity index (χ3v) is 4.91. The van der Waals surface area contributed by atoms with Gasteiger partial charge in [0, 0.05) is 13.0 Å². The second kappa shape index (κ2) is 6.16. The molecule has 1 aromatic heterocycles. The monoisotopic (exact) mass is 291 g/mol. The molecule has 0 aromatic carbocycles. The van der Waals surface area contributed by atoms with Gasteiger partial charge < -0.3 is 9.30 Å². The molecule has 0 radical (unpaired) electrons. The SMILES string of the molecule is CCOC(=O)C1(c2nnc3n2CCCC3)CCCCCC1. The predicted molar refractivity (Wildman–Crippen MR) is 79.0 cm³/mol. The van der Waals surface area contributed by atoms with Crippen molar-refractivity contribution in [2.24, 2.45) is 0 Å². The van der Waals surface area contributed by atoms with E-state index in [4.69, 9.17) is 4.74 Å². The van der Waals surface area contributed by atoms with Gasteiger partial charge in [0.05, 0.1) is 6.61 Å². The molecule has 0 saturated heterocycles. The molecule has 1 aromatic rings. The van der Waals surface area contributed by atoms with E-state index >= 15 is 0 Å². The second-order valence-electron chi connectivity index (χ2n) is 6.27. The Morgan fingerprint density at radius 2 is 1.90 bits per heavy atom. The van der Waals surface area contributed by atoms with Crippen LogP contribution in [0.2, 0.25) is 0 Å². The molecule has 0 unspecified atom stereocenters. The first-order valence-corrected chi connectivity index (χ1v) is 8.38. The Labute approximate surface area is 126 Å². The smallest absolute Gasteiger partial charge is 0.319 e. The topological polar surface area (TPSA) is 57.0 Å². The van der Waals surface area contributed by atoms with Crippen LogP contribution >= 0.6 is 0 Å². The van der Waals surface area contributed by atoms with Gasteiger partial charge in [-0.1, -0.05) is 25.7 Å². The second-order valence-corrected chi connectivity index (χ2v) is 6.27. The summed E-state index contributed by atoms with van der Waals surface area (Å²) in [5, 5.41) is 8.81. The van der Waals surface area contributed by atoms with E-state index < -0.39 is 5.41 Å². The first-order chi connectivity index (χ1) is 10.3. The van der Waals surface area contributed by atoms with E-state index in [9.17, 15) is 4.79 Å². The Hall–Kier alpha value is -1.39. The van der Waals surface area contributed by atoms with E-state index in [1.807, 2.05) is 6.92 Å². The highest BCUT2D eigenvalue weighted by molar-refractivity contribution is 5.82. The van der Waals surface area contributed by atoms with Crippen LogP contribution in [0.4, 0.5) is 0 Å². The van der Waals surface area contributed by atoms with Crippen molar-refractivity contribution in [3.63, 3.8) is 0 Å². The molecule has 116 valence electrons. The largest absolute Gasteiger partial charge is 0.465 e. The summed E-state index contributed by atoms with van der Waals surface area (Å²) in [7, 11) is 0. The van der Waals surface area contributed by atoms with Crippen LogP contribution in [-0.4, -0.2) is 27.3 Å². The van der Waals surface area contributed by atoms with Crippen LogP contribution in [0.3, 0.4) is 0 Å². The fraction of sp³-hybridized carbons (Fsp3) is 0.812. The Kier molecular flexibility index (Phi) is 4.27. The van der Waals surface area contributed by atoms with E-state index in [0.29, 0.717) is 6.61 Å². The number of fused-ring (bicyclic) bond motifs is 1. The number of carbonyl (C=O) groups is 1. The lowest BCUT2D eigenvalue weighted by Crippen LogP contribution is -2.40. The minimum absolute atomic E-state index is 0.0901. The van der Waals surface area contributed by atoms with Gasteiger partial charge in [-0.05, 0) is 32.6 Å². The highest BCUT2D eigenvalue weighted by Crippen LogP contribution is 2.39. The summed E-state index contributed by atoms with van der Waals surface area (Å²) in [5.74, 6) is 1.83. The van der Waals surface area contributed by atoms with Crippen molar-refractivity contribution in [2.75, 3.05) is 6.61 Å². The number of ether oxygens (including phenoxy) is 1. The van der Waals surface area contributed by atoms with Crippen LogP contribution < -0.4 is 0 Å². The average molecular weight is 291 g/mol.